The third-order valence-corrected chi connectivity index (χ3v) is 3.14. The first kappa shape index (κ1) is 26.9. The Morgan fingerprint density at radius 1 is 0.773 bits per heavy atom. The van der Waals surface area contributed by atoms with E-state index in [-0.39, 0.29) is 0 Å². The fraction of sp³-hybridized carbons (Fsp3) is 0.500. The second-order valence-electron chi connectivity index (χ2n) is 4.87. The average Bonchev–Trinajstić information content (AvgIpc) is 2.97. The van der Waals surface area contributed by atoms with E-state index in [1.165, 1.54) is 22.3 Å². The maximum atomic E-state index is 3.29. The van der Waals surface area contributed by atoms with E-state index in [4.69, 9.17) is 0 Å². The van der Waals surface area contributed by atoms with Crippen molar-refractivity contribution in [1.29, 1.82) is 0 Å². The van der Waals surface area contributed by atoms with Crippen LogP contribution in [0.2, 0.25) is 0 Å². The van der Waals surface area contributed by atoms with Crippen LogP contribution in [0.3, 0.4) is 0 Å². The molecule has 2 atom stereocenters. The monoisotopic (exact) mass is 392 g/mol. The molecule has 126 valence electrons. The standard InChI is InChI=1S/2C8H11.2C2H5.H2Si.Zr/c2*1-6-4-7(2)8(3)5-6;2*1-2;;/h2*4,8H,1-3H3;2*1H2,2H3;1H2;/q4*-1;;. The zero-order valence-corrected chi connectivity index (χ0v) is 19.8. The van der Waals surface area contributed by atoms with Crippen molar-refractivity contribution in [2.45, 2.75) is 55.4 Å². The molecule has 0 aromatic rings. The molecule has 0 heterocycles. The molecular formula is C20H34SiZr-4. The molecule has 0 nitrogen and oxygen atoms in total. The summed E-state index contributed by atoms with van der Waals surface area (Å²) >= 11 is 1.58. The Hall–Kier alpha value is 0.0600. The molecule has 0 spiro atoms. The molecule has 0 saturated heterocycles. The van der Waals surface area contributed by atoms with Crippen LogP contribution in [0.4, 0.5) is 0 Å². The fourth-order valence-electron chi connectivity index (χ4n) is 1.93. The maximum absolute atomic E-state index is 3.29. The summed E-state index contributed by atoms with van der Waals surface area (Å²) in [6.07, 6.45) is 11.0. The van der Waals surface area contributed by atoms with Crippen LogP contribution in [0.15, 0.2) is 34.4 Å². The van der Waals surface area contributed by atoms with Gasteiger partial charge in [-0.1, -0.05) is 53.4 Å². The van der Waals surface area contributed by atoms with E-state index in [9.17, 15) is 0 Å². The van der Waals surface area contributed by atoms with Gasteiger partial charge in [0.1, 0.15) is 0 Å². The molecule has 0 radical (unpaired) electrons. The molecule has 0 amide bonds. The van der Waals surface area contributed by atoms with Gasteiger partial charge in [-0.25, -0.2) is 23.3 Å². The molecule has 2 aliphatic carbocycles. The van der Waals surface area contributed by atoms with Crippen molar-refractivity contribution in [3.63, 3.8) is 0 Å². The van der Waals surface area contributed by atoms with E-state index >= 15 is 0 Å². The molecule has 0 aromatic carbocycles. The van der Waals surface area contributed by atoms with Gasteiger partial charge in [0.25, 0.3) is 0 Å². The van der Waals surface area contributed by atoms with Gasteiger partial charge < -0.3 is 13.8 Å². The van der Waals surface area contributed by atoms with Crippen LogP contribution >= 0.6 is 0 Å². The van der Waals surface area contributed by atoms with E-state index in [2.05, 4.69) is 79.7 Å². The summed E-state index contributed by atoms with van der Waals surface area (Å²) in [6, 6.07) is 0. The molecule has 2 rings (SSSR count). The summed E-state index contributed by atoms with van der Waals surface area (Å²) < 4.78 is 0. The Labute approximate surface area is 157 Å². The average molecular weight is 394 g/mol. The first-order valence-electron chi connectivity index (χ1n) is 7.73. The minimum atomic E-state index is 0.565. The van der Waals surface area contributed by atoms with Gasteiger partial charge in [0, 0.05) is 0 Å². The molecule has 0 aliphatic heterocycles. The van der Waals surface area contributed by atoms with Crippen molar-refractivity contribution < 1.29 is 23.3 Å². The van der Waals surface area contributed by atoms with Gasteiger partial charge in [-0.15, -0.1) is 0 Å². The quantitative estimate of drug-likeness (QED) is 0.380. The van der Waals surface area contributed by atoms with Crippen LogP contribution in [0, 0.1) is 37.8 Å². The topological polar surface area (TPSA) is 0 Å². The molecule has 0 fully saturated rings. The molecule has 2 aliphatic rings. The molecule has 0 aromatic heterocycles. The van der Waals surface area contributed by atoms with E-state index in [0.29, 0.717) is 11.8 Å². The summed E-state index contributed by atoms with van der Waals surface area (Å²) in [4.78, 5) is 0. The number of hydrogen-bond acceptors (Lipinski definition) is 0. The van der Waals surface area contributed by atoms with Gasteiger partial charge in [0.2, 0.25) is 0 Å². The van der Waals surface area contributed by atoms with Crippen molar-refractivity contribution in [2.75, 3.05) is 0 Å². The summed E-state index contributed by atoms with van der Waals surface area (Å²) in [6.45, 7) is 24.8. The van der Waals surface area contributed by atoms with Crippen LogP contribution in [-0.4, -0.2) is 6.88 Å². The van der Waals surface area contributed by atoms with E-state index in [0.717, 1.165) is 0 Å². The van der Waals surface area contributed by atoms with Gasteiger partial charge >= 0.3 is 30.2 Å². The zero-order chi connectivity index (χ0) is 18.3. The van der Waals surface area contributed by atoms with E-state index in [1.54, 1.807) is 37.2 Å². The normalized spacial score (nSPS) is 20.8. The molecule has 0 saturated carbocycles. The molecule has 0 N–H and O–H groups in total. The van der Waals surface area contributed by atoms with E-state index in [1.807, 2.05) is 6.88 Å². The van der Waals surface area contributed by atoms with Crippen LogP contribution < -0.4 is 0 Å². The van der Waals surface area contributed by atoms with Crippen molar-refractivity contribution in [3.8, 4) is 0 Å². The first-order valence-corrected chi connectivity index (χ1v) is 13.7. The Balaban J connectivity index is -0.000000246. The third kappa shape index (κ3) is 12.6. The number of hydrogen-bond donors (Lipinski definition) is 0. The second-order valence-corrected chi connectivity index (χ2v) is 4.87. The van der Waals surface area contributed by atoms with Gasteiger partial charge in [0.05, 0.1) is 0 Å². The van der Waals surface area contributed by atoms with Gasteiger partial charge in [-0.3, -0.25) is 12.2 Å². The predicted octanol–water partition coefficient (Wildman–Crippen LogP) is 5.43. The Morgan fingerprint density at radius 3 is 1.05 bits per heavy atom. The third-order valence-electron chi connectivity index (χ3n) is 3.14. The molecule has 2 heteroatoms. The number of allylic oxidation sites excluding steroid dienone is 8. The Morgan fingerprint density at radius 2 is 1.00 bits per heavy atom. The van der Waals surface area contributed by atoms with Crippen LogP contribution in [0.5, 0.6) is 0 Å². The minimum absolute atomic E-state index is 0.565. The number of rotatable bonds is 0. The Kier molecular flexibility index (Phi) is 21.3. The van der Waals surface area contributed by atoms with Gasteiger partial charge in [-0.2, -0.15) is 25.0 Å². The van der Waals surface area contributed by atoms with Crippen molar-refractivity contribution in [1.82, 2.24) is 0 Å². The summed E-state index contributed by atoms with van der Waals surface area (Å²) in [5, 5.41) is 0. The van der Waals surface area contributed by atoms with Gasteiger partial charge in [0.15, 0.2) is 0 Å². The molecule has 2 unspecified atom stereocenters. The van der Waals surface area contributed by atoms with Crippen LogP contribution in [0.25, 0.3) is 0 Å². The fourth-order valence-corrected chi connectivity index (χ4v) is 1.93. The molecule has 0 bridgehead atoms. The molecule has 22 heavy (non-hydrogen) atoms. The summed E-state index contributed by atoms with van der Waals surface area (Å²) in [5.74, 6) is 1.13. The summed E-state index contributed by atoms with van der Waals surface area (Å²) in [7, 11) is 0. The summed E-state index contributed by atoms with van der Waals surface area (Å²) in [5.41, 5.74) is 5.44. The van der Waals surface area contributed by atoms with Crippen LogP contribution in [0.1, 0.15) is 55.4 Å². The van der Waals surface area contributed by atoms with Crippen molar-refractivity contribution in [3.05, 3.63) is 60.4 Å². The van der Waals surface area contributed by atoms with Crippen LogP contribution in [-0.2, 0) is 23.3 Å². The van der Waals surface area contributed by atoms with Crippen molar-refractivity contribution in [2.24, 2.45) is 11.8 Å². The Bertz CT molecular complexity index is 362. The van der Waals surface area contributed by atoms with Crippen molar-refractivity contribution >= 4 is 6.88 Å². The second kappa shape index (κ2) is 17.4. The molecular weight excluding hydrogens is 360 g/mol. The van der Waals surface area contributed by atoms with Gasteiger partial charge in [-0.05, 0) is 0 Å². The zero-order valence-electron chi connectivity index (χ0n) is 15.9. The van der Waals surface area contributed by atoms with E-state index < -0.39 is 0 Å². The SMILES string of the molecule is CC1=[C-]C(C)C(C)=C1.CC1=[C-]C(C)C(C)=C1.[CH2-]C.[CH2-]C.[SiH2]=[Zr]. The predicted molar refractivity (Wildman–Crippen MR) is 101 cm³/mol. The first-order chi connectivity index (χ1) is 10.4.